The molecule has 9 nitrogen and oxygen atoms in total. The molecule has 4 aromatic rings. The van der Waals surface area contributed by atoms with Crippen LogP contribution in [-0.2, 0) is 32.6 Å². The zero-order valence-corrected chi connectivity index (χ0v) is 28.6. The minimum absolute atomic E-state index is 0.0505. The number of carbonyl (C=O) groups excluding carboxylic acids is 2. The normalized spacial score (nSPS) is 14.0. The van der Waals surface area contributed by atoms with Gasteiger partial charge in [0, 0.05) is 24.6 Å². The van der Waals surface area contributed by atoms with Gasteiger partial charge in [0.1, 0.15) is 29.9 Å². The minimum atomic E-state index is -4.37. The molecule has 1 saturated carbocycles. The van der Waals surface area contributed by atoms with E-state index in [1.54, 1.807) is 42.5 Å². The molecular formula is C38H42FN3O6S. The highest BCUT2D eigenvalue weighted by Gasteiger charge is 2.36. The molecular weight excluding hydrogens is 645 g/mol. The van der Waals surface area contributed by atoms with E-state index in [0.29, 0.717) is 5.75 Å². The van der Waals surface area contributed by atoms with Gasteiger partial charge in [0.25, 0.3) is 10.0 Å². The Kier molecular flexibility index (Phi) is 11.9. The van der Waals surface area contributed by atoms with E-state index < -0.39 is 34.3 Å². The molecule has 0 heterocycles. The maximum absolute atomic E-state index is 15.2. The number of para-hydroxylation sites is 2. The summed E-state index contributed by atoms with van der Waals surface area (Å²) < 4.78 is 55.6. The fourth-order valence-corrected chi connectivity index (χ4v) is 7.56. The smallest absolute Gasteiger partial charge is 0.264 e. The molecule has 0 spiro atoms. The Bertz CT molecular complexity index is 1810. The molecule has 2 amide bonds. The molecule has 1 aliphatic rings. The van der Waals surface area contributed by atoms with Crippen LogP contribution in [0.2, 0.25) is 0 Å². The average Bonchev–Trinajstić information content (AvgIpc) is 3.13. The summed E-state index contributed by atoms with van der Waals surface area (Å²) in [6, 6.07) is 26.5. The number of carbonyl (C=O) groups is 2. The molecule has 1 unspecified atom stereocenters. The number of halogens is 1. The van der Waals surface area contributed by atoms with Crippen LogP contribution in [0.5, 0.6) is 11.5 Å². The van der Waals surface area contributed by atoms with Gasteiger partial charge in [-0.3, -0.25) is 13.9 Å². The zero-order chi connectivity index (χ0) is 34.8. The molecule has 1 N–H and O–H groups in total. The van der Waals surface area contributed by atoms with Gasteiger partial charge in [0.05, 0.1) is 24.8 Å². The number of nitrogens with one attached hydrogen (secondary N) is 1. The van der Waals surface area contributed by atoms with Gasteiger partial charge in [0.2, 0.25) is 11.8 Å². The van der Waals surface area contributed by atoms with Crippen molar-refractivity contribution in [2.45, 2.75) is 62.0 Å². The molecule has 0 aliphatic heterocycles. The topological polar surface area (TPSA) is 105 Å². The number of nitrogens with zero attached hydrogens (tertiary/aromatic N) is 2. The number of amides is 2. The molecule has 1 aliphatic carbocycles. The lowest BCUT2D eigenvalue weighted by molar-refractivity contribution is -0.140. The van der Waals surface area contributed by atoms with Crippen molar-refractivity contribution in [3.05, 3.63) is 120 Å². The second-order valence-electron chi connectivity index (χ2n) is 12.0. The summed E-state index contributed by atoms with van der Waals surface area (Å²) in [7, 11) is -1.49. The molecule has 49 heavy (non-hydrogen) atoms. The van der Waals surface area contributed by atoms with Crippen molar-refractivity contribution in [1.29, 1.82) is 0 Å². The summed E-state index contributed by atoms with van der Waals surface area (Å²) >= 11 is 0. The molecule has 11 heteroatoms. The van der Waals surface area contributed by atoms with Crippen molar-refractivity contribution in [1.82, 2.24) is 10.2 Å². The molecule has 0 saturated heterocycles. The van der Waals surface area contributed by atoms with E-state index in [-0.39, 0.29) is 46.8 Å². The molecule has 1 atom stereocenters. The quantitative estimate of drug-likeness (QED) is 0.171. The Morgan fingerprint density at radius 1 is 0.837 bits per heavy atom. The summed E-state index contributed by atoms with van der Waals surface area (Å²) in [5, 5.41) is 3.15. The third kappa shape index (κ3) is 8.77. The first-order valence-corrected chi connectivity index (χ1v) is 17.8. The number of methoxy groups -OCH3 is 2. The van der Waals surface area contributed by atoms with E-state index in [9.17, 15) is 18.0 Å². The number of ether oxygens (including phenoxy) is 2. The minimum Gasteiger partial charge on any atom is -0.497 e. The van der Waals surface area contributed by atoms with Crippen molar-refractivity contribution in [3.63, 3.8) is 0 Å². The fourth-order valence-electron chi connectivity index (χ4n) is 6.13. The average molecular weight is 688 g/mol. The van der Waals surface area contributed by atoms with E-state index in [0.717, 1.165) is 42.0 Å². The first-order valence-electron chi connectivity index (χ1n) is 16.4. The van der Waals surface area contributed by atoms with Crippen molar-refractivity contribution in [2.24, 2.45) is 0 Å². The lowest BCUT2D eigenvalue weighted by Gasteiger charge is -2.35. The summed E-state index contributed by atoms with van der Waals surface area (Å²) in [5.74, 6) is -0.918. The van der Waals surface area contributed by atoms with Gasteiger partial charge in [-0.15, -0.1) is 0 Å². The van der Waals surface area contributed by atoms with E-state index in [2.05, 4.69) is 5.32 Å². The van der Waals surface area contributed by atoms with Gasteiger partial charge in [-0.05, 0) is 60.9 Å². The standard InChI is InChI=1S/C38H42FN3O6S/c1-47-31-21-23-32(24-22-31)49(45,46)42(34-19-11-12-20-36(34)48-2)27-37(43)41(26-29-15-9-10-18-33(29)39)35(25-28-13-5-3-6-14-28)38(44)40-30-16-7-4-8-17-30/h3,5-6,9-15,18-24,30,35H,4,7-8,16-17,25-27H2,1-2H3,(H,40,44). The predicted octanol–water partition coefficient (Wildman–Crippen LogP) is 6.13. The number of hydrogen-bond donors (Lipinski definition) is 1. The Labute approximate surface area is 287 Å². The van der Waals surface area contributed by atoms with Crippen LogP contribution in [0.4, 0.5) is 10.1 Å². The Morgan fingerprint density at radius 3 is 2.16 bits per heavy atom. The van der Waals surface area contributed by atoms with E-state index in [1.807, 2.05) is 30.3 Å². The fraction of sp³-hybridized carbons (Fsp3) is 0.316. The van der Waals surface area contributed by atoms with Crippen LogP contribution >= 0.6 is 0 Å². The Hall–Kier alpha value is -4.90. The largest absolute Gasteiger partial charge is 0.497 e. The number of hydrogen-bond acceptors (Lipinski definition) is 6. The molecule has 1 fully saturated rings. The first kappa shape index (κ1) is 35.4. The number of benzene rings is 4. The van der Waals surface area contributed by atoms with Gasteiger partial charge in [0.15, 0.2) is 0 Å². The lowest BCUT2D eigenvalue weighted by Crippen LogP contribution is -2.55. The lowest BCUT2D eigenvalue weighted by atomic mass is 9.94. The zero-order valence-electron chi connectivity index (χ0n) is 27.8. The molecule has 258 valence electrons. The van der Waals surface area contributed by atoms with Crippen LogP contribution in [-0.4, -0.2) is 58.0 Å². The van der Waals surface area contributed by atoms with E-state index in [1.165, 1.54) is 49.5 Å². The Morgan fingerprint density at radius 2 is 1.49 bits per heavy atom. The van der Waals surface area contributed by atoms with Crippen molar-refractivity contribution in [2.75, 3.05) is 25.1 Å². The van der Waals surface area contributed by atoms with Gasteiger partial charge < -0.3 is 19.7 Å². The number of anilines is 1. The van der Waals surface area contributed by atoms with Gasteiger partial charge in [-0.25, -0.2) is 12.8 Å². The molecule has 0 bridgehead atoms. The Balaban J connectivity index is 1.59. The van der Waals surface area contributed by atoms with E-state index >= 15 is 4.39 Å². The maximum Gasteiger partial charge on any atom is 0.264 e. The number of rotatable bonds is 14. The van der Waals surface area contributed by atoms with Crippen LogP contribution in [0.1, 0.15) is 43.2 Å². The van der Waals surface area contributed by atoms with Gasteiger partial charge in [-0.1, -0.05) is 79.9 Å². The van der Waals surface area contributed by atoms with Crippen molar-refractivity contribution >= 4 is 27.5 Å². The molecule has 4 aromatic carbocycles. The SMILES string of the molecule is COc1ccc(S(=O)(=O)N(CC(=O)N(Cc2ccccc2F)C(Cc2ccccc2)C(=O)NC2CCCCC2)c2ccccc2OC)cc1. The highest BCUT2D eigenvalue weighted by atomic mass is 32.2. The van der Waals surface area contributed by atoms with Crippen LogP contribution < -0.4 is 19.1 Å². The van der Waals surface area contributed by atoms with Crippen LogP contribution in [0.3, 0.4) is 0 Å². The van der Waals surface area contributed by atoms with Crippen molar-refractivity contribution < 1.29 is 31.9 Å². The molecule has 5 rings (SSSR count). The maximum atomic E-state index is 15.2. The summed E-state index contributed by atoms with van der Waals surface area (Å²) in [6.07, 6.45) is 4.87. The molecule has 0 aromatic heterocycles. The van der Waals surface area contributed by atoms with Crippen LogP contribution in [0.15, 0.2) is 108 Å². The summed E-state index contributed by atoms with van der Waals surface area (Å²) in [4.78, 5) is 30.1. The monoisotopic (exact) mass is 687 g/mol. The molecule has 0 radical (unpaired) electrons. The highest BCUT2D eigenvalue weighted by molar-refractivity contribution is 7.92. The third-order valence-electron chi connectivity index (χ3n) is 8.80. The van der Waals surface area contributed by atoms with Crippen molar-refractivity contribution in [3.8, 4) is 11.5 Å². The van der Waals surface area contributed by atoms with Crippen LogP contribution in [0.25, 0.3) is 0 Å². The first-order chi connectivity index (χ1) is 23.7. The third-order valence-corrected chi connectivity index (χ3v) is 10.6. The highest BCUT2D eigenvalue weighted by Crippen LogP contribution is 2.33. The summed E-state index contributed by atoms with van der Waals surface area (Å²) in [5.41, 5.74) is 1.12. The second kappa shape index (κ2) is 16.5. The van der Waals surface area contributed by atoms with Crippen LogP contribution in [0, 0.1) is 5.82 Å². The summed E-state index contributed by atoms with van der Waals surface area (Å²) in [6.45, 7) is -0.950. The predicted molar refractivity (Wildman–Crippen MR) is 186 cm³/mol. The number of sulfonamides is 1. The second-order valence-corrected chi connectivity index (χ2v) is 13.9. The van der Waals surface area contributed by atoms with Gasteiger partial charge in [-0.2, -0.15) is 0 Å². The van der Waals surface area contributed by atoms with Gasteiger partial charge >= 0.3 is 0 Å². The van der Waals surface area contributed by atoms with E-state index in [4.69, 9.17) is 9.47 Å².